The van der Waals surface area contributed by atoms with Crippen molar-refractivity contribution in [2.45, 2.75) is 32.2 Å². The number of rotatable bonds is 3. The summed E-state index contributed by atoms with van der Waals surface area (Å²) < 4.78 is 0.746. The molecule has 0 spiro atoms. The smallest absolute Gasteiger partial charge is 0.283 e. The van der Waals surface area contributed by atoms with Crippen LogP contribution in [0.3, 0.4) is 0 Å². The third kappa shape index (κ3) is 3.43. The highest BCUT2D eigenvalue weighted by molar-refractivity contribution is 14.1. The first-order valence-electron chi connectivity index (χ1n) is 6.22. The standard InChI is InChI=1S/C13H15IN2O3/c1-8-2-4-10(6-8)15-13(17)11-5-3-9(14)7-12(11)16(18)19/h3,5,7-8,10H,2,4,6H2,1H3,(H,15,17). The van der Waals surface area contributed by atoms with Gasteiger partial charge < -0.3 is 5.32 Å². The Labute approximate surface area is 125 Å². The summed E-state index contributed by atoms with van der Waals surface area (Å²) in [5.41, 5.74) is 0.0143. The maximum absolute atomic E-state index is 12.1. The molecule has 1 N–H and O–H groups in total. The lowest BCUT2D eigenvalue weighted by Crippen LogP contribution is -2.33. The van der Waals surface area contributed by atoms with Crippen LogP contribution in [0.25, 0.3) is 0 Å². The third-order valence-electron chi connectivity index (χ3n) is 3.43. The van der Waals surface area contributed by atoms with E-state index in [1.807, 2.05) is 22.6 Å². The summed E-state index contributed by atoms with van der Waals surface area (Å²) in [6.07, 6.45) is 2.99. The molecule has 0 radical (unpaired) electrons. The minimum Gasteiger partial charge on any atom is -0.349 e. The van der Waals surface area contributed by atoms with Crippen LogP contribution in [0, 0.1) is 19.6 Å². The molecule has 1 aromatic carbocycles. The van der Waals surface area contributed by atoms with Crippen LogP contribution in [-0.4, -0.2) is 16.9 Å². The zero-order valence-corrected chi connectivity index (χ0v) is 12.7. The van der Waals surface area contributed by atoms with Crippen LogP contribution in [0.4, 0.5) is 5.69 Å². The maximum atomic E-state index is 12.1. The highest BCUT2D eigenvalue weighted by Crippen LogP contribution is 2.26. The van der Waals surface area contributed by atoms with Crippen molar-refractivity contribution in [3.8, 4) is 0 Å². The molecule has 0 heterocycles. The van der Waals surface area contributed by atoms with E-state index in [1.165, 1.54) is 12.1 Å². The minimum absolute atomic E-state index is 0.129. The van der Waals surface area contributed by atoms with Crippen molar-refractivity contribution in [3.63, 3.8) is 0 Å². The highest BCUT2D eigenvalue weighted by atomic mass is 127. The first-order valence-corrected chi connectivity index (χ1v) is 7.30. The Balaban J connectivity index is 2.17. The van der Waals surface area contributed by atoms with Crippen molar-refractivity contribution in [3.05, 3.63) is 37.4 Å². The number of hydrogen-bond donors (Lipinski definition) is 1. The van der Waals surface area contributed by atoms with E-state index in [0.717, 1.165) is 22.8 Å². The molecule has 1 amide bonds. The van der Waals surface area contributed by atoms with Gasteiger partial charge in [0.1, 0.15) is 5.56 Å². The van der Waals surface area contributed by atoms with Gasteiger partial charge in [0, 0.05) is 15.7 Å². The zero-order chi connectivity index (χ0) is 14.0. The van der Waals surface area contributed by atoms with Gasteiger partial charge in [-0.15, -0.1) is 0 Å². The van der Waals surface area contributed by atoms with Crippen molar-refractivity contribution < 1.29 is 9.72 Å². The molecule has 2 unspecified atom stereocenters. The minimum atomic E-state index is -0.506. The van der Waals surface area contributed by atoms with Gasteiger partial charge in [0.25, 0.3) is 11.6 Å². The van der Waals surface area contributed by atoms with E-state index in [-0.39, 0.29) is 23.2 Å². The summed E-state index contributed by atoms with van der Waals surface area (Å²) >= 11 is 2.00. The quantitative estimate of drug-likeness (QED) is 0.502. The van der Waals surface area contributed by atoms with E-state index in [9.17, 15) is 14.9 Å². The van der Waals surface area contributed by atoms with Gasteiger partial charge >= 0.3 is 0 Å². The van der Waals surface area contributed by atoms with E-state index in [0.29, 0.717) is 5.92 Å². The number of amides is 1. The summed E-state index contributed by atoms with van der Waals surface area (Å²) in [5.74, 6) is 0.263. The second-order valence-corrected chi connectivity index (χ2v) is 6.25. The van der Waals surface area contributed by atoms with E-state index in [1.54, 1.807) is 6.07 Å². The van der Waals surface area contributed by atoms with E-state index >= 15 is 0 Å². The van der Waals surface area contributed by atoms with Gasteiger partial charge in [0.15, 0.2) is 0 Å². The molecule has 0 aliphatic heterocycles. The fourth-order valence-corrected chi connectivity index (χ4v) is 2.92. The first-order chi connectivity index (χ1) is 8.97. The van der Waals surface area contributed by atoms with Crippen molar-refractivity contribution in [2.24, 2.45) is 5.92 Å². The molecule has 1 aliphatic rings. The molecule has 102 valence electrons. The SMILES string of the molecule is CC1CCC(NC(=O)c2ccc(I)cc2[N+](=O)[O-])C1. The number of carbonyl (C=O) groups excluding carboxylic acids is 1. The summed E-state index contributed by atoms with van der Waals surface area (Å²) in [6.45, 7) is 2.15. The van der Waals surface area contributed by atoms with Crippen LogP contribution >= 0.6 is 22.6 Å². The number of halogens is 1. The van der Waals surface area contributed by atoms with Crippen LogP contribution in [0.1, 0.15) is 36.5 Å². The Bertz CT molecular complexity index is 519. The monoisotopic (exact) mass is 374 g/mol. The molecule has 19 heavy (non-hydrogen) atoms. The Kier molecular flexibility index (Phi) is 4.38. The molecule has 2 rings (SSSR count). The van der Waals surface area contributed by atoms with Gasteiger partial charge in [-0.1, -0.05) is 6.92 Å². The third-order valence-corrected chi connectivity index (χ3v) is 4.10. The average molecular weight is 374 g/mol. The number of nitrogens with zero attached hydrogens (tertiary/aromatic N) is 1. The highest BCUT2D eigenvalue weighted by Gasteiger charge is 2.26. The molecule has 2 atom stereocenters. The maximum Gasteiger partial charge on any atom is 0.283 e. The Morgan fingerprint density at radius 1 is 1.47 bits per heavy atom. The first kappa shape index (κ1) is 14.2. The molecule has 1 fully saturated rings. The summed E-state index contributed by atoms with van der Waals surface area (Å²) in [7, 11) is 0. The molecular weight excluding hydrogens is 359 g/mol. The molecule has 1 aromatic rings. The molecule has 0 saturated heterocycles. The van der Waals surface area contributed by atoms with Crippen molar-refractivity contribution >= 4 is 34.2 Å². The van der Waals surface area contributed by atoms with Crippen LogP contribution in [0.15, 0.2) is 18.2 Å². The van der Waals surface area contributed by atoms with Gasteiger partial charge in [0.05, 0.1) is 4.92 Å². The van der Waals surface area contributed by atoms with Gasteiger partial charge in [-0.05, 0) is 59.9 Å². The van der Waals surface area contributed by atoms with Crippen LogP contribution in [-0.2, 0) is 0 Å². The molecule has 6 heteroatoms. The van der Waals surface area contributed by atoms with Crippen LogP contribution in [0.5, 0.6) is 0 Å². The van der Waals surface area contributed by atoms with Crippen molar-refractivity contribution in [1.29, 1.82) is 0 Å². The fraction of sp³-hybridized carbons (Fsp3) is 0.462. The predicted octanol–water partition coefficient (Wildman–Crippen LogP) is 3.12. The predicted molar refractivity (Wildman–Crippen MR) is 80.1 cm³/mol. The zero-order valence-electron chi connectivity index (χ0n) is 10.6. The topological polar surface area (TPSA) is 72.2 Å². The summed E-state index contributed by atoms with van der Waals surface area (Å²) in [5, 5.41) is 13.9. The Hall–Kier alpha value is -1.18. The lowest BCUT2D eigenvalue weighted by atomic mass is 10.1. The average Bonchev–Trinajstić information content (AvgIpc) is 2.74. The Morgan fingerprint density at radius 2 is 2.21 bits per heavy atom. The lowest BCUT2D eigenvalue weighted by Gasteiger charge is -2.12. The lowest BCUT2D eigenvalue weighted by molar-refractivity contribution is -0.385. The second kappa shape index (κ2) is 5.85. The number of nitrogens with one attached hydrogen (secondary N) is 1. The van der Waals surface area contributed by atoms with Gasteiger partial charge in [-0.2, -0.15) is 0 Å². The van der Waals surface area contributed by atoms with Crippen molar-refractivity contribution in [2.75, 3.05) is 0 Å². The molecule has 0 aromatic heterocycles. The number of nitro groups is 1. The largest absolute Gasteiger partial charge is 0.349 e. The summed E-state index contributed by atoms with van der Waals surface area (Å²) in [4.78, 5) is 22.6. The molecule has 5 nitrogen and oxygen atoms in total. The fourth-order valence-electron chi connectivity index (χ4n) is 2.45. The molecule has 1 saturated carbocycles. The molecule has 1 aliphatic carbocycles. The number of benzene rings is 1. The van der Waals surface area contributed by atoms with Crippen LogP contribution < -0.4 is 5.32 Å². The number of hydrogen-bond acceptors (Lipinski definition) is 3. The van der Waals surface area contributed by atoms with Crippen molar-refractivity contribution in [1.82, 2.24) is 5.32 Å². The van der Waals surface area contributed by atoms with E-state index in [4.69, 9.17) is 0 Å². The normalized spacial score (nSPS) is 22.2. The summed E-state index contributed by atoms with van der Waals surface area (Å²) in [6, 6.07) is 4.79. The number of carbonyl (C=O) groups is 1. The van der Waals surface area contributed by atoms with E-state index in [2.05, 4.69) is 12.2 Å². The number of nitro benzene ring substituents is 1. The van der Waals surface area contributed by atoms with Crippen LogP contribution in [0.2, 0.25) is 0 Å². The second-order valence-electron chi connectivity index (χ2n) is 5.01. The van der Waals surface area contributed by atoms with E-state index < -0.39 is 4.92 Å². The Morgan fingerprint density at radius 3 is 2.79 bits per heavy atom. The van der Waals surface area contributed by atoms with Gasteiger partial charge in [0.2, 0.25) is 0 Å². The molecular formula is C13H15IN2O3. The van der Waals surface area contributed by atoms with Gasteiger partial charge in [-0.25, -0.2) is 0 Å². The molecule has 0 bridgehead atoms. The van der Waals surface area contributed by atoms with Gasteiger partial charge in [-0.3, -0.25) is 14.9 Å².